The monoisotopic (exact) mass is 329 g/mol. The summed E-state index contributed by atoms with van der Waals surface area (Å²) in [6.45, 7) is 4.11. The lowest BCUT2D eigenvalue weighted by Crippen LogP contribution is -2.37. The first-order chi connectivity index (χ1) is 11.7. The summed E-state index contributed by atoms with van der Waals surface area (Å²) in [5.74, 6) is 1.30. The molecule has 1 aliphatic heterocycles. The molecule has 2 aromatic heterocycles. The minimum atomic E-state index is 0.0258. The zero-order valence-corrected chi connectivity index (χ0v) is 14.1. The van der Waals surface area contributed by atoms with Gasteiger partial charge in [-0.25, -0.2) is 4.68 Å². The minimum absolute atomic E-state index is 0.0258. The summed E-state index contributed by atoms with van der Waals surface area (Å²) >= 11 is 0. The van der Waals surface area contributed by atoms with E-state index in [0.717, 1.165) is 43.5 Å². The van der Waals surface area contributed by atoms with Crippen LogP contribution in [-0.4, -0.2) is 37.4 Å². The molecule has 1 saturated heterocycles. The van der Waals surface area contributed by atoms with Crippen LogP contribution in [0.25, 0.3) is 0 Å². The Morgan fingerprint density at radius 2 is 2.17 bits per heavy atom. The Balaban J connectivity index is 1.50. The highest BCUT2D eigenvalue weighted by Gasteiger charge is 2.27. The summed E-state index contributed by atoms with van der Waals surface area (Å²) in [6.07, 6.45) is 6.52. The van der Waals surface area contributed by atoms with Gasteiger partial charge >= 0.3 is 0 Å². The van der Waals surface area contributed by atoms with Crippen LogP contribution in [0.15, 0.2) is 15.4 Å². The molecule has 7 heteroatoms. The third kappa shape index (κ3) is 3.13. The first kappa shape index (κ1) is 15.5. The summed E-state index contributed by atoms with van der Waals surface area (Å²) in [4.78, 5) is 19.0. The maximum Gasteiger partial charge on any atom is 0.267 e. The van der Waals surface area contributed by atoms with Gasteiger partial charge in [-0.2, -0.15) is 10.1 Å². The molecule has 2 aromatic rings. The number of hydrogen-bond donors (Lipinski definition) is 0. The lowest BCUT2D eigenvalue weighted by molar-refractivity contribution is 0.208. The van der Waals surface area contributed by atoms with Gasteiger partial charge in [-0.05, 0) is 50.6 Å². The molecule has 4 rings (SSSR count). The van der Waals surface area contributed by atoms with Crippen LogP contribution in [0, 0.1) is 6.92 Å². The Morgan fingerprint density at radius 3 is 3.00 bits per heavy atom. The van der Waals surface area contributed by atoms with Crippen LogP contribution in [0.1, 0.15) is 48.7 Å². The van der Waals surface area contributed by atoms with Gasteiger partial charge in [0.05, 0.1) is 18.8 Å². The van der Waals surface area contributed by atoms with E-state index in [-0.39, 0.29) is 5.56 Å². The fourth-order valence-electron chi connectivity index (χ4n) is 3.83. The smallest absolute Gasteiger partial charge is 0.267 e. The van der Waals surface area contributed by atoms with Crippen LogP contribution in [0.3, 0.4) is 0 Å². The molecule has 0 amide bonds. The number of likely N-dealkylation sites (tertiary alicyclic amines) is 1. The van der Waals surface area contributed by atoms with Crippen molar-refractivity contribution in [2.24, 2.45) is 0 Å². The van der Waals surface area contributed by atoms with Gasteiger partial charge in [-0.15, -0.1) is 0 Å². The Hall–Kier alpha value is -2.02. The van der Waals surface area contributed by atoms with Gasteiger partial charge in [0.2, 0.25) is 5.89 Å². The summed E-state index contributed by atoms with van der Waals surface area (Å²) in [5.41, 5.74) is 2.28. The second-order valence-electron chi connectivity index (χ2n) is 6.84. The normalized spacial score (nSPS) is 21.1. The summed E-state index contributed by atoms with van der Waals surface area (Å²) in [5, 5.41) is 8.63. The van der Waals surface area contributed by atoms with Gasteiger partial charge in [0.25, 0.3) is 5.56 Å². The van der Waals surface area contributed by atoms with Crippen LogP contribution >= 0.6 is 0 Å². The van der Waals surface area contributed by atoms with Crippen molar-refractivity contribution in [3.63, 3.8) is 0 Å². The predicted molar refractivity (Wildman–Crippen MR) is 87.6 cm³/mol. The van der Waals surface area contributed by atoms with E-state index in [1.54, 1.807) is 17.7 Å². The molecule has 1 fully saturated rings. The third-order valence-electron chi connectivity index (χ3n) is 5.07. The Bertz CT molecular complexity index is 782. The SMILES string of the molecule is Cc1nc(CN2CCCC2Cn2nc3c(cc2=O)CCCC3)no1. The molecule has 1 atom stereocenters. The molecule has 1 unspecified atom stereocenters. The Morgan fingerprint density at radius 1 is 1.29 bits per heavy atom. The van der Waals surface area contributed by atoms with Gasteiger partial charge in [-0.1, -0.05) is 5.16 Å². The molecule has 0 radical (unpaired) electrons. The van der Waals surface area contributed by atoms with Crippen molar-refractivity contribution in [3.8, 4) is 0 Å². The van der Waals surface area contributed by atoms with Crippen molar-refractivity contribution >= 4 is 0 Å². The van der Waals surface area contributed by atoms with E-state index < -0.39 is 0 Å². The summed E-state index contributed by atoms with van der Waals surface area (Å²) in [6, 6.07) is 2.10. The molecule has 0 N–H and O–H groups in total. The van der Waals surface area contributed by atoms with Gasteiger partial charge in [0.1, 0.15) is 0 Å². The molecule has 0 bridgehead atoms. The predicted octanol–water partition coefficient (Wildman–Crippen LogP) is 1.48. The second-order valence-corrected chi connectivity index (χ2v) is 6.84. The first-order valence-electron chi connectivity index (χ1n) is 8.82. The zero-order chi connectivity index (χ0) is 16.5. The number of aromatic nitrogens is 4. The van der Waals surface area contributed by atoms with E-state index in [1.807, 2.05) is 0 Å². The highest BCUT2D eigenvalue weighted by atomic mass is 16.5. The van der Waals surface area contributed by atoms with Crippen LogP contribution < -0.4 is 5.56 Å². The number of hydrogen-bond acceptors (Lipinski definition) is 6. The van der Waals surface area contributed by atoms with Crippen molar-refractivity contribution in [1.29, 1.82) is 0 Å². The fraction of sp³-hybridized carbons (Fsp3) is 0.647. The molecule has 3 heterocycles. The van der Waals surface area contributed by atoms with Gasteiger partial charge in [0.15, 0.2) is 5.82 Å². The lowest BCUT2D eigenvalue weighted by Gasteiger charge is -2.24. The van der Waals surface area contributed by atoms with Gasteiger partial charge < -0.3 is 4.52 Å². The number of nitrogens with zero attached hydrogens (tertiary/aromatic N) is 5. The fourth-order valence-corrected chi connectivity index (χ4v) is 3.83. The Kier molecular flexibility index (Phi) is 4.18. The molecule has 128 valence electrons. The second kappa shape index (κ2) is 6.47. The van der Waals surface area contributed by atoms with E-state index in [0.29, 0.717) is 30.8 Å². The average molecular weight is 329 g/mol. The molecule has 7 nitrogen and oxygen atoms in total. The average Bonchev–Trinajstić information content (AvgIpc) is 3.18. The molecule has 0 saturated carbocycles. The summed E-state index contributed by atoms with van der Waals surface area (Å²) < 4.78 is 6.72. The first-order valence-corrected chi connectivity index (χ1v) is 8.82. The van der Waals surface area contributed by atoms with Crippen molar-refractivity contribution in [2.75, 3.05) is 6.54 Å². The van der Waals surface area contributed by atoms with Crippen LogP contribution in [0.2, 0.25) is 0 Å². The highest BCUT2D eigenvalue weighted by Crippen LogP contribution is 2.21. The van der Waals surface area contributed by atoms with Gasteiger partial charge in [0, 0.05) is 19.0 Å². The standard InChI is InChI=1S/C17H23N5O2/c1-12-18-16(20-24-12)11-21-8-4-6-14(21)10-22-17(23)9-13-5-2-3-7-15(13)19-22/h9,14H,2-8,10-11H2,1H3. The molecule has 0 aromatic carbocycles. The Labute approximate surface area is 140 Å². The topological polar surface area (TPSA) is 77.1 Å². The largest absolute Gasteiger partial charge is 0.340 e. The molecule has 2 aliphatic rings. The van der Waals surface area contributed by atoms with Crippen LogP contribution in [0.4, 0.5) is 0 Å². The van der Waals surface area contributed by atoms with Crippen molar-refractivity contribution in [3.05, 3.63) is 39.4 Å². The summed E-state index contributed by atoms with van der Waals surface area (Å²) in [7, 11) is 0. The third-order valence-corrected chi connectivity index (χ3v) is 5.07. The van der Waals surface area contributed by atoms with E-state index in [4.69, 9.17) is 4.52 Å². The number of rotatable bonds is 4. The molecule has 1 aliphatic carbocycles. The van der Waals surface area contributed by atoms with Crippen molar-refractivity contribution < 1.29 is 4.52 Å². The quantitative estimate of drug-likeness (QED) is 0.845. The van der Waals surface area contributed by atoms with E-state index in [9.17, 15) is 4.79 Å². The zero-order valence-electron chi connectivity index (χ0n) is 14.1. The molecule has 24 heavy (non-hydrogen) atoms. The van der Waals surface area contributed by atoms with E-state index in [1.165, 1.54) is 12.8 Å². The number of aryl methyl sites for hydroxylation is 3. The van der Waals surface area contributed by atoms with Crippen molar-refractivity contribution in [2.45, 2.75) is 64.6 Å². The lowest BCUT2D eigenvalue weighted by atomic mass is 9.97. The maximum absolute atomic E-state index is 12.4. The minimum Gasteiger partial charge on any atom is -0.340 e. The van der Waals surface area contributed by atoms with Crippen molar-refractivity contribution in [1.82, 2.24) is 24.8 Å². The van der Waals surface area contributed by atoms with Crippen LogP contribution in [0.5, 0.6) is 0 Å². The molecular formula is C17H23N5O2. The molecule has 0 spiro atoms. The molecular weight excluding hydrogens is 306 g/mol. The van der Waals surface area contributed by atoms with E-state index in [2.05, 4.69) is 20.1 Å². The van der Waals surface area contributed by atoms with Crippen LogP contribution in [-0.2, 0) is 25.9 Å². The van der Waals surface area contributed by atoms with Gasteiger partial charge in [-0.3, -0.25) is 9.69 Å². The number of fused-ring (bicyclic) bond motifs is 1. The highest BCUT2D eigenvalue weighted by molar-refractivity contribution is 5.20. The van der Waals surface area contributed by atoms with E-state index >= 15 is 0 Å². The maximum atomic E-state index is 12.4.